The molecule has 28 heavy (non-hydrogen) atoms. The molecule has 0 bridgehead atoms. The molecular weight excluding hydrogens is 356 g/mol. The van der Waals surface area contributed by atoms with Crippen molar-refractivity contribution in [3.05, 3.63) is 54.1 Å². The van der Waals surface area contributed by atoms with Gasteiger partial charge in [0.1, 0.15) is 0 Å². The first-order valence-electron chi connectivity index (χ1n) is 9.33. The molecular formula is C21H22N4O3. The lowest BCUT2D eigenvalue weighted by Crippen LogP contribution is -2.38. The van der Waals surface area contributed by atoms with Crippen LogP contribution in [0.3, 0.4) is 0 Å². The molecule has 7 heteroatoms. The molecule has 0 radical (unpaired) electrons. The van der Waals surface area contributed by atoms with E-state index < -0.39 is 5.97 Å². The molecule has 1 fully saturated rings. The van der Waals surface area contributed by atoms with E-state index in [9.17, 15) is 9.59 Å². The number of amides is 1. The van der Waals surface area contributed by atoms with E-state index in [-0.39, 0.29) is 11.8 Å². The molecule has 0 spiro atoms. The van der Waals surface area contributed by atoms with Gasteiger partial charge in [0, 0.05) is 19.0 Å². The number of esters is 1. The monoisotopic (exact) mass is 378 g/mol. The minimum atomic E-state index is -0.462. The molecule has 0 unspecified atom stereocenters. The number of hydrogen-bond acceptors (Lipinski definition) is 5. The predicted molar refractivity (Wildman–Crippen MR) is 107 cm³/mol. The highest BCUT2D eigenvalue weighted by molar-refractivity contribution is 6.01. The maximum Gasteiger partial charge on any atom is 0.339 e. The quantitative estimate of drug-likeness (QED) is 0.681. The summed E-state index contributed by atoms with van der Waals surface area (Å²) in [6.07, 6.45) is 1.45. The Morgan fingerprint density at radius 3 is 2.57 bits per heavy atom. The zero-order valence-corrected chi connectivity index (χ0v) is 15.6. The first-order chi connectivity index (χ1) is 13.7. The third-order valence-electron chi connectivity index (χ3n) is 5.13. The number of hydrogen-bond donors (Lipinski definition) is 2. The Kier molecular flexibility index (Phi) is 4.97. The number of benzene rings is 2. The average molecular weight is 378 g/mol. The van der Waals surface area contributed by atoms with E-state index in [2.05, 4.69) is 20.2 Å². The number of carbonyl (C=O) groups is 2. The van der Waals surface area contributed by atoms with Crippen LogP contribution in [0.2, 0.25) is 0 Å². The van der Waals surface area contributed by atoms with E-state index in [4.69, 9.17) is 4.74 Å². The van der Waals surface area contributed by atoms with E-state index in [1.54, 1.807) is 24.3 Å². The number of para-hydroxylation sites is 3. The number of aromatic amines is 1. The predicted octanol–water partition coefficient (Wildman–Crippen LogP) is 3.20. The first-order valence-corrected chi connectivity index (χ1v) is 9.33. The summed E-state index contributed by atoms with van der Waals surface area (Å²) in [7, 11) is 1.33. The van der Waals surface area contributed by atoms with Crippen molar-refractivity contribution in [2.24, 2.45) is 5.92 Å². The Balaban J connectivity index is 1.40. The van der Waals surface area contributed by atoms with Crippen molar-refractivity contribution >= 4 is 34.5 Å². The number of ether oxygens (including phenoxy) is 1. The summed E-state index contributed by atoms with van der Waals surface area (Å²) in [5.74, 6) is 0.207. The number of piperidine rings is 1. The Bertz CT molecular complexity index is 973. The second-order valence-corrected chi connectivity index (χ2v) is 6.87. The largest absolute Gasteiger partial charge is 0.465 e. The molecule has 144 valence electrons. The molecule has 7 nitrogen and oxygen atoms in total. The zero-order chi connectivity index (χ0) is 19.5. The number of carbonyl (C=O) groups excluding carboxylic acids is 2. The number of imidazole rings is 1. The van der Waals surface area contributed by atoms with E-state index in [0.717, 1.165) is 42.9 Å². The fraction of sp³-hybridized carbons (Fsp3) is 0.286. The molecule has 1 amide bonds. The van der Waals surface area contributed by atoms with E-state index in [0.29, 0.717) is 11.3 Å². The molecule has 2 heterocycles. The van der Waals surface area contributed by atoms with Gasteiger partial charge in [0.15, 0.2) is 0 Å². The van der Waals surface area contributed by atoms with Gasteiger partial charge in [-0.2, -0.15) is 0 Å². The summed E-state index contributed by atoms with van der Waals surface area (Å²) in [6.45, 7) is 1.49. The summed E-state index contributed by atoms with van der Waals surface area (Å²) in [5, 5.41) is 2.89. The Labute approximate surface area is 162 Å². The normalized spacial score (nSPS) is 14.8. The Morgan fingerprint density at radius 1 is 1.11 bits per heavy atom. The molecule has 4 rings (SSSR count). The molecule has 0 atom stereocenters. The van der Waals surface area contributed by atoms with Gasteiger partial charge in [0.25, 0.3) is 0 Å². The van der Waals surface area contributed by atoms with E-state index in [1.807, 2.05) is 24.3 Å². The van der Waals surface area contributed by atoms with Crippen LogP contribution in [0.5, 0.6) is 0 Å². The lowest BCUT2D eigenvalue weighted by molar-refractivity contribution is -0.120. The van der Waals surface area contributed by atoms with E-state index in [1.165, 1.54) is 7.11 Å². The highest BCUT2D eigenvalue weighted by Crippen LogP contribution is 2.25. The van der Waals surface area contributed by atoms with Crippen LogP contribution in [0.15, 0.2) is 48.5 Å². The SMILES string of the molecule is COC(=O)c1ccccc1NC(=O)C1CCN(c2nc3ccccc3[nH]2)CC1. The summed E-state index contributed by atoms with van der Waals surface area (Å²) >= 11 is 0. The van der Waals surface area contributed by atoms with Gasteiger partial charge >= 0.3 is 5.97 Å². The summed E-state index contributed by atoms with van der Waals surface area (Å²) in [5.41, 5.74) is 2.80. The second-order valence-electron chi connectivity index (χ2n) is 6.87. The minimum absolute atomic E-state index is 0.0689. The maximum absolute atomic E-state index is 12.7. The first kappa shape index (κ1) is 18.0. The van der Waals surface area contributed by atoms with Crippen LogP contribution in [-0.4, -0.2) is 42.0 Å². The number of nitrogens with one attached hydrogen (secondary N) is 2. The third kappa shape index (κ3) is 3.55. The highest BCUT2D eigenvalue weighted by Gasteiger charge is 2.27. The van der Waals surface area contributed by atoms with Gasteiger partial charge in [0.05, 0.1) is 29.4 Å². The van der Waals surface area contributed by atoms with Crippen molar-refractivity contribution in [2.75, 3.05) is 30.4 Å². The van der Waals surface area contributed by atoms with Gasteiger partial charge in [-0.15, -0.1) is 0 Å². The number of fused-ring (bicyclic) bond motifs is 1. The van der Waals surface area contributed by atoms with Crippen LogP contribution in [0.1, 0.15) is 23.2 Å². The van der Waals surface area contributed by atoms with Crippen molar-refractivity contribution in [2.45, 2.75) is 12.8 Å². The molecule has 1 aliphatic heterocycles. The van der Waals surface area contributed by atoms with Crippen LogP contribution >= 0.6 is 0 Å². The van der Waals surface area contributed by atoms with Gasteiger partial charge in [-0.25, -0.2) is 9.78 Å². The van der Waals surface area contributed by atoms with Crippen molar-refractivity contribution in [3.8, 4) is 0 Å². The summed E-state index contributed by atoms with van der Waals surface area (Å²) < 4.78 is 4.78. The molecule has 1 saturated heterocycles. The van der Waals surface area contributed by atoms with Crippen LogP contribution < -0.4 is 10.2 Å². The van der Waals surface area contributed by atoms with Crippen LogP contribution in [0.25, 0.3) is 11.0 Å². The fourth-order valence-corrected chi connectivity index (χ4v) is 3.56. The molecule has 3 aromatic rings. The van der Waals surface area contributed by atoms with Crippen molar-refractivity contribution in [1.29, 1.82) is 0 Å². The number of anilines is 2. The van der Waals surface area contributed by atoms with Gasteiger partial charge in [-0.05, 0) is 37.1 Å². The summed E-state index contributed by atoms with van der Waals surface area (Å²) in [4.78, 5) is 34.7. The lowest BCUT2D eigenvalue weighted by Gasteiger charge is -2.31. The number of methoxy groups -OCH3 is 1. The van der Waals surface area contributed by atoms with Gasteiger partial charge < -0.3 is 19.9 Å². The van der Waals surface area contributed by atoms with Crippen molar-refractivity contribution in [1.82, 2.24) is 9.97 Å². The van der Waals surface area contributed by atoms with Gasteiger partial charge in [0.2, 0.25) is 11.9 Å². The Morgan fingerprint density at radius 2 is 1.82 bits per heavy atom. The minimum Gasteiger partial charge on any atom is -0.465 e. The van der Waals surface area contributed by atoms with Gasteiger partial charge in [-0.1, -0.05) is 24.3 Å². The zero-order valence-electron chi connectivity index (χ0n) is 15.6. The Hall–Kier alpha value is -3.35. The third-order valence-corrected chi connectivity index (χ3v) is 5.13. The number of rotatable bonds is 4. The maximum atomic E-state index is 12.7. The van der Waals surface area contributed by atoms with E-state index >= 15 is 0 Å². The fourth-order valence-electron chi connectivity index (χ4n) is 3.56. The number of H-pyrrole nitrogens is 1. The number of aromatic nitrogens is 2. The number of nitrogens with zero attached hydrogens (tertiary/aromatic N) is 2. The van der Waals surface area contributed by atoms with Gasteiger partial charge in [-0.3, -0.25) is 4.79 Å². The standard InChI is InChI=1S/C21H22N4O3/c1-28-20(27)15-6-2-3-7-16(15)22-19(26)14-10-12-25(13-11-14)21-23-17-8-4-5-9-18(17)24-21/h2-9,14H,10-13H2,1H3,(H,22,26)(H,23,24). The average Bonchev–Trinajstić information content (AvgIpc) is 3.18. The van der Waals surface area contributed by atoms with Crippen LogP contribution in [0, 0.1) is 5.92 Å². The lowest BCUT2D eigenvalue weighted by atomic mass is 9.96. The van der Waals surface area contributed by atoms with Crippen molar-refractivity contribution in [3.63, 3.8) is 0 Å². The topological polar surface area (TPSA) is 87.3 Å². The molecule has 1 aliphatic rings. The molecule has 0 saturated carbocycles. The summed E-state index contributed by atoms with van der Waals surface area (Å²) in [6, 6.07) is 14.8. The van der Waals surface area contributed by atoms with Crippen LogP contribution in [0.4, 0.5) is 11.6 Å². The molecule has 2 aromatic carbocycles. The molecule has 1 aromatic heterocycles. The van der Waals surface area contributed by atoms with Crippen molar-refractivity contribution < 1.29 is 14.3 Å². The second kappa shape index (κ2) is 7.72. The molecule has 2 N–H and O–H groups in total. The van der Waals surface area contributed by atoms with Crippen LogP contribution in [-0.2, 0) is 9.53 Å². The smallest absolute Gasteiger partial charge is 0.339 e. The highest BCUT2D eigenvalue weighted by atomic mass is 16.5. The molecule has 0 aliphatic carbocycles.